The molecule has 1 aliphatic carbocycles. The molecule has 0 atom stereocenters. The Bertz CT molecular complexity index is 1120. The number of ether oxygens (including phenoxy) is 3. The standard InChI is InChI=1S/C26H35N5O4/c1-4-5-6-18-7-9-19(10-8-18)26(32)27-15-16-35-24-14-13-23-28-29-25(31(23)30-24)21-17-20(33-2)11-12-22(21)34-3/h11-14,17-19H,4-10,15-16H2,1-3H3,(H,27,32). The van der Waals surface area contributed by atoms with Gasteiger partial charge in [0.25, 0.3) is 0 Å². The molecule has 1 saturated carbocycles. The summed E-state index contributed by atoms with van der Waals surface area (Å²) in [5.74, 6) is 3.31. The highest BCUT2D eigenvalue weighted by molar-refractivity contribution is 5.78. The van der Waals surface area contributed by atoms with Crippen LogP contribution in [-0.2, 0) is 4.79 Å². The highest BCUT2D eigenvalue weighted by Gasteiger charge is 2.25. The molecular formula is C26H35N5O4. The molecule has 1 amide bonds. The zero-order valence-electron chi connectivity index (χ0n) is 20.8. The molecule has 0 bridgehead atoms. The summed E-state index contributed by atoms with van der Waals surface area (Å²) in [6.07, 6.45) is 8.15. The van der Waals surface area contributed by atoms with Gasteiger partial charge < -0.3 is 19.5 Å². The van der Waals surface area contributed by atoms with Crippen LogP contribution in [-0.4, -0.2) is 53.1 Å². The molecule has 3 aromatic rings. The van der Waals surface area contributed by atoms with Crippen molar-refractivity contribution in [3.63, 3.8) is 0 Å². The number of nitrogens with zero attached hydrogens (tertiary/aromatic N) is 4. The van der Waals surface area contributed by atoms with Crippen molar-refractivity contribution in [1.82, 2.24) is 25.1 Å². The number of hydrogen-bond donors (Lipinski definition) is 1. The van der Waals surface area contributed by atoms with Crippen LogP contribution in [0, 0.1) is 11.8 Å². The minimum absolute atomic E-state index is 0.125. The number of methoxy groups -OCH3 is 2. The third-order valence-corrected chi connectivity index (χ3v) is 6.72. The first-order valence-electron chi connectivity index (χ1n) is 12.5. The van der Waals surface area contributed by atoms with Crippen molar-refractivity contribution in [2.24, 2.45) is 11.8 Å². The summed E-state index contributed by atoms with van der Waals surface area (Å²) in [4.78, 5) is 12.6. The molecule has 188 valence electrons. The first-order valence-corrected chi connectivity index (χ1v) is 12.5. The van der Waals surface area contributed by atoms with E-state index in [2.05, 4.69) is 27.5 Å². The average Bonchev–Trinajstić information content (AvgIpc) is 3.32. The molecule has 0 saturated heterocycles. The normalized spacial score (nSPS) is 17.8. The predicted octanol–water partition coefficient (Wildman–Crippen LogP) is 4.30. The van der Waals surface area contributed by atoms with Crippen LogP contribution >= 0.6 is 0 Å². The molecule has 1 N–H and O–H groups in total. The van der Waals surface area contributed by atoms with Crippen LogP contribution in [0.1, 0.15) is 51.9 Å². The summed E-state index contributed by atoms with van der Waals surface area (Å²) in [6.45, 7) is 3.00. The maximum absolute atomic E-state index is 12.6. The van der Waals surface area contributed by atoms with Crippen LogP contribution in [0.3, 0.4) is 0 Å². The molecule has 1 aromatic carbocycles. The monoisotopic (exact) mass is 481 g/mol. The third kappa shape index (κ3) is 6.01. The molecule has 2 aromatic heterocycles. The number of rotatable bonds is 11. The quantitative estimate of drug-likeness (QED) is 0.408. The summed E-state index contributed by atoms with van der Waals surface area (Å²) in [5, 5.41) is 16.1. The van der Waals surface area contributed by atoms with Crippen LogP contribution < -0.4 is 19.5 Å². The Labute approximate surface area is 206 Å². The van der Waals surface area contributed by atoms with Crippen molar-refractivity contribution >= 4 is 11.6 Å². The number of fused-ring (bicyclic) bond motifs is 1. The van der Waals surface area contributed by atoms with Gasteiger partial charge in [-0.25, -0.2) is 0 Å². The number of unbranched alkanes of at least 4 members (excludes halogenated alkanes) is 1. The first kappa shape index (κ1) is 24.8. The number of amides is 1. The summed E-state index contributed by atoms with van der Waals surface area (Å²) < 4.78 is 18.3. The van der Waals surface area contributed by atoms with Crippen molar-refractivity contribution in [3.05, 3.63) is 30.3 Å². The Balaban J connectivity index is 1.33. The van der Waals surface area contributed by atoms with Gasteiger partial charge >= 0.3 is 0 Å². The number of benzene rings is 1. The van der Waals surface area contributed by atoms with E-state index in [4.69, 9.17) is 14.2 Å². The summed E-state index contributed by atoms with van der Waals surface area (Å²) in [7, 11) is 3.21. The molecule has 2 heterocycles. The van der Waals surface area contributed by atoms with E-state index < -0.39 is 0 Å². The van der Waals surface area contributed by atoms with Crippen LogP contribution in [0.5, 0.6) is 17.4 Å². The number of nitrogens with one attached hydrogen (secondary N) is 1. The van der Waals surface area contributed by atoms with Gasteiger partial charge in [-0.2, -0.15) is 4.52 Å². The molecule has 9 nitrogen and oxygen atoms in total. The fourth-order valence-electron chi connectivity index (χ4n) is 4.69. The van der Waals surface area contributed by atoms with Crippen molar-refractivity contribution in [3.8, 4) is 28.8 Å². The van der Waals surface area contributed by atoms with E-state index in [1.807, 2.05) is 18.2 Å². The van der Waals surface area contributed by atoms with Crippen molar-refractivity contribution in [1.29, 1.82) is 0 Å². The Morgan fingerprint density at radius 1 is 1.09 bits per heavy atom. The van der Waals surface area contributed by atoms with Crippen LogP contribution in [0.25, 0.3) is 17.0 Å². The van der Waals surface area contributed by atoms with Crippen molar-refractivity contribution < 1.29 is 19.0 Å². The van der Waals surface area contributed by atoms with Gasteiger partial charge in [-0.3, -0.25) is 4.79 Å². The second-order valence-corrected chi connectivity index (χ2v) is 9.03. The molecule has 1 aliphatic rings. The number of carbonyl (C=O) groups excluding carboxylic acids is 1. The van der Waals surface area contributed by atoms with E-state index in [1.54, 1.807) is 30.9 Å². The molecule has 1 fully saturated rings. The fraction of sp³-hybridized carbons (Fsp3) is 0.538. The van der Waals surface area contributed by atoms with E-state index >= 15 is 0 Å². The third-order valence-electron chi connectivity index (χ3n) is 6.72. The number of carbonyl (C=O) groups is 1. The van der Waals surface area contributed by atoms with Crippen molar-refractivity contribution in [2.75, 3.05) is 27.4 Å². The van der Waals surface area contributed by atoms with Crippen LogP contribution in [0.2, 0.25) is 0 Å². The van der Waals surface area contributed by atoms with E-state index in [9.17, 15) is 4.79 Å². The maximum Gasteiger partial charge on any atom is 0.231 e. The Hall–Kier alpha value is -3.36. The smallest absolute Gasteiger partial charge is 0.231 e. The Morgan fingerprint density at radius 2 is 1.91 bits per heavy atom. The maximum atomic E-state index is 12.6. The lowest BCUT2D eigenvalue weighted by Crippen LogP contribution is -2.35. The molecule has 35 heavy (non-hydrogen) atoms. The lowest BCUT2D eigenvalue weighted by Gasteiger charge is -2.27. The highest BCUT2D eigenvalue weighted by atomic mass is 16.5. The molecule has 0 spiro atoms. The zero-order chi connectivity index (χ0) is 24.6. The molecule has 0 aliphatic heterocycles. The summed E-state index contributed by atoms with van der Waals surface area (Å²) in [5.41, 5.74) is 1.29. The second-order valence-electron chi connectivity index (χ2n) is 9.03. The second kappa shape index (κ2) is 11.9. The fourth-order valence-corrected chi connectivity index (χ4v) is 4.69. The summed E-state index contributed by atoms with van der Waals surface area (Å²) >= 11 is 0. The van der Waals surface area contributed by atoms with E-state index in [0.29, 0.717) is 47.6 Å². The topological polar surface area (TPSA) is 99.9 Å². The molecular weight excluding hydrogens is 446 g/mol. The van der Waals surface area contributed by atoms with Crippen LogP contribution in [0.15, 0.2) is 30.3 Å². The van der Waals surface area contributed by atoms with Gasteiger partial charge in [-0.1, -0.05) is 26.2 Å². The van der Waals surface area contributed by atoms with Gasteiger partial charge in [-0.05, 0) is 55.9 Å². The SMILES string of the molecule is CCCCC1CCC(C(=O)NCCOc2ccc3nnc(-c4cc(OC)ccc4OC)n3n2)CC1. The lowest BCUT2D eigenvalue weighted by atomic mass is 9.79. The Kier molecular flexibility index (Phi) is 8.39. The van der Waals surface area contributed by atoms with Gasteiger partial charge in [0.15, 0.2) is 11.5 Å². The summed E-state index contributed by atoms with van der Waals surface area (Å²) in [6, 6.07) is 9.00. The van der Waals surface area contributed by atoms with Gasteiger partial charge in [0.05, 0.1) is 26.3 Å². The molecule has 0 unspecified atom stereocenters. The van der Waals surface area contributed by atoms with Gasteiger partial charge in [0, 0.05) is 12.0 Å². The largest absolute Gasteiger partial charge is 0.497 e. The average molecular weight is 482 g/mol. The first-order chi connectivity index (χ1) is 17.1. The number of hydrogen-bond acceptors (Lipinski definition) is 7. The van der Waals surface area contributed by atoms with E-state index in [0.717, 1.165) is 31.6 Å². The van der Waals surface area contributed by atoms with Gasteiger partial charge in [0.1, 0.15) is 18.1 Å². The predicted molar refractivity (Wildman–Crippen MR) is 133 cm³/mol. The van der Waals surface area contributed by atoms with Gasteiger partial charge in [0.2, 0.25) is 11.8 Å². The van der Waals surface area contributed by atoms with Crippen molar-refractivity contribution in [2.45, 2.75) is 51.9 Å². The van der Waals surface area contributed by atoms with Gasteiger partial charge in [-0.15, -0.1) is 15.3 Å². The molecule has 9 heteroatoms. The minimum atomic E-state index is 0.125. The Morgan fingerprint density at radius 3 is 2.66 bits per heavy atom. The van der Waals surface area contributed by atoms with Crippen LogP contribution in [0.4, 0.5) is 0 Å². The van der Waals surface area contributed by atoms with E-state index in [-0.39, 0.29) is 11.8 Å². The van der Waals surface area contributed by atoms with E-state index in [1.165, 1.54) is 19.3 Å². The zero-order valence-corrected chi connectivity index (χ0v) is 20.8. The lowest BCUT2D eigenvalue weighted by molar-refractivity contribution is -0.126. The molecule has 4 rings (SSSR count). The number of aromatic nitrogens is 4. The highest BCUT2D eigenvalue weighted by Crippen LogP contribution is 2.33. The minimum Gasteiger partial charge on any atom is -0.497 e. The molecule has 0 radical (unpaired) electrons.